The molecule has 2 unspecified atom stereocenters. The van der Waals surface area contributed by atoms with Crippen molar-refractivity contribution in [2.75, 3.05) is 0 Å². The zero-order valence-electron chi connectivity index (χ0n) is 22.7. The smallest absolute Gasteiger partial charge is 0.302 e. The Hall–Kier alpha value is -0.790. The van der Waals surface area contributed by atoms with Gasteiger partial charge in [0.05, 0.1) is 0 Å². The van der Waals surface area contributed by atoms with Crippen molar-refractivity contribution in [3.05, 3.63) is 12.2 Å². The number of hydrogen-bond acceptors (Lipinski definition) is 2. The van der Waals surface area contributed by atoms with Crippen LogP contribution in [-0.4, -0.2) is 12.1 Å². The molecule has 0 amide bonds. The molecule has 0 radical (unpaired) electrons. The standard InChI is InChI=1S/C31H52O2/c1-8-23(20(2)3)10-9-21(4)27-13-14-28-26-12-11-24-19-25(33-22(5)32)15-17-30(24,6)29(26)16-18-31(27,28)7/h9-10,20-21,23-29H,8,11-19H2,1-7H3/t21-,23-,24?,25?,26+,27-,28+,29+,30+,31-/m1/s1. The summed E-state index contributed by atoms with van der Waals surface area (Å²) in [5.41, 5.74) is 0.999. The Bertz CT molecular complexity index is 724. The Morgan fingerprint density at radius 1 is 0.939 bits per heavy atom. The van der Waals surface area contributed by atoms with Gasteiger partial charge in [-0.2, -0.15) is 0 Å². The number of carbonyl (C=O) groups excluding carboxylic acids is 1. The van der Waals surface area contributed by atoms with Crippen molar-refractivity contribution in [3.8, 4) is 0 Å². The Morgan fingerprint density at radius 3 is 2.30 bits per heavy atom. The minimum absolute atomic E-state index is 0.0930. The molecule has 4 rings (SSSR count). The first-order chi connectivity index (χ1) is 15.6. The fourth-order valence-corrected chi connectivity index (χ4v) is 9.75. The summed E-state index contributed by atoms with van der Waals surface area (Å²) < 4.78 is 5.66. The second-order valence-electron chi connectivity index (χ2n) is 13.5. The molecule has 4 aliphatic carbocycles. The van der Waals surface area contributed by atoms with Gasteiger partial charge in [-0.25, -0.2) is 0 Å². The molecule has 2 nitrogen and oxygen atoms in total. The third-order valence-corrected chi connectivity index (χ3v) is 11.6. The molecule has 188 valence electrons. The van der Waals surface area contributed by atoms with E-state index >= 15 is 0 Å². The van der Waals surface area contributed by atoms with Crippen LogP contribution in [0.25, 0.3) is 0 Å². The molecule has 0 heterocycles. The minimum Gasteiger partial charge on any atom is -0.463 e. The Balaban J connectivity index is 1.46. The Morgan fingerprint density at radius 2 is 1.64 bits per heavy atom. The predicted octanol–water partition coefficient (Wildman–Crippen LogP) is 8.45. The highest BCUT2D eigenvalue weighted by atomic mass is 16.5. The summed E-state index contributed by atoms with van der Waals surface area (Å²) in [7, 11) is 0. The van der Waals surface area contributed by atoms with Crippen LogP contribution in [0.15, 0.2) is 12.2 Å². The molecule has 33 heavy (non-hydrogen) atoms. The van der Waals surface area contributed by atoms with Crippen LogP contribution in [0.3, 0.4) is 0 Å². The average molecular weight is 457 g/mol. The molecule has 4 saturated carbocycles. The molecule has 4 aliphatic rings. The van der Waals surface area contributed by atoms with Crippen molar-refractivity contribution in [2.24, 2.45) is 58.2 Å². The van der Waals surface area contributed by atoms with Gasteiger partial charge in [0.25, 0.3) is 0 Å². The van der Waals surface area contributed by atoms with E-state index in [2.05, 4.69) is 53.7 Å². The van der Waals surface area contributed by atoms with E-state index in [1.54, 1.807) is 6.92 Å². The second-order valence-corrected chi connectivity index (χ2v) is 13.5. The van der Waals surface area contributed by atoms with Crippen LogP contribution in [0.5, 0.6) is 0 Å². The summed E-state index contributed by atoms with van der Waals surface area (Å²) in [6.45, 7) is 16.5. The summed E-state index contributed by atoms with van der Waals surface area (Å²) in [5.74, 6) is 6.43. The SMILES string of the molecule is CC[C@H](C=C[C@@H](C)[C@H]1CC[C@H]2[C@@H]3CCC4CC(OC(C)=O)CC[C@]4(C)[C@H]3CC[C@]12C)C(C)C. The molecule has 0 aliphatic heterocycles. The van der Waals surface area contributed by atoms with Gasteiger partial charge < -0.3 is 4.74 Å². The van der Waals surface area contributed by atoms with Gasteiger partial charge >= 0.3 is 5.97 Å². The zero-order valence-corrected chi connectivity index (χ0v) is 22.7. The van der Waals surface area contributed by atoms with Crippen LogP contribution in [0, 0.1) is 58.2 Å². The van der Waals surface area contributed by atoms with Gasteiger partial charge in [0.1, 0.15) is 6.10 Å². The van der Waals surface area contributed by atoms with Crippen LogP contribution < -0.4 is 0 Å². The van der Waals surface area contributed by atoms with Gasteiger partial charge in [-0.3, -0.25) is 4.79 Å². The highest BCUT2D eigenvalue weighted by molar-refractivity contribution is 5.66. The maximum atomic E-state index is 11.5. The molecule has 0 spiro atoms. The quantitative estimate of drug-likeness (QED) is 0.296. The first-order valence-electron chi connectivity index (χ1n) is 14.5. The topological polar surface area (TPSA) is 26.3 Å². The average Bonchev–Trinajstić information content (AvgIpc) is 3.11. The lowest BCUT2D eigenvalue weighted by atomic mass is 9.44. The van der Waals surface area contributed by atoms with Crippen molar-refractivity contribution in [3.63, 3.8) is 0 Å². The zero-order chi connectivity index (χ0) is 24.0. The second kappa shape index (κ2) is 9.69. The van der Waals surface area contributed by atoms with Gasteiger partial charge in [-0.15, -0.1) is 0 Å². The summed E-state index contributed by atoms with van der Waals surface area (Å²) in [5, 5.41) is 0. The van der Waals surface area contributed by atoms with E-state index in [1.165, 1.54) is 51.4 Å². The molecule has 10 atom stereocenters. The Labute approximate surface area is 204 Å². The number of carbonyl (C=O) groups is 1. The summed E-state index contributed by atoms with van der Waals surface area (Å²) >= 11 is 0. The van der Waals surface area contributed by atoms with Crippen molar-refractivity contribution in [2.45, 2.75) is 119 Å². The maximum Gasteiger partial charge on any atom is 0.302 e. The van der Waals surface area contributed by atoms with Crippen LogP contribution in [0.4, 0.5) is 0 Å². The van der Waals surface area contributed by atoms with Crippen LogP contribution in [-0.2, 0) is 9.53 Å². The van der Waals surface area contributed by atoms with Crippen molar-refractivity contribution >= 4 is 5.97 Å². The molecule has 0 aromatic rings. The van der Waals surface area contributed by atoms with E-state index in [4.69, 9.17) is 4.74 Å². The first kappa shape index (κ1) is 25.3. The fourth-order valence-electron chi connectivity index (χ4n) is 9.75. The first-order valence-corrected chi connectivity index (χ1v) is 14.5. The number of rotatable bonds is 6. The van der Waals surface area contributed by atoms with Crippen molar-refractivity contribution in [1.29, 1.82) is 0 Å². The largest absolute Gasteiger partial charge is 0.463 e. The van der Waals surface area contributed by atoms with E-state index in [0.29, 0.717) is 16.7 Å². The van der Waals surface area contributed by atoms with Gasteiger partial charge in [-0.05, 0) is 122 Å². The van der Waals surface area contributed by atoms with Crippen LogP contribution in [0.1, 0.15) is 113 Å². The number of fused-ring (bicyclic) bond motifs is 5. The lowest BCUT2D eigenvalue weighted by molar-refractivity contribution is -0.160. The van der Waals surface area contributed by atoms with Crippen LogP contribution >= 0.6 is 0 Å². The maximum absolute atomic E-state index is 11.5. The lowest BCUT2D eigenvalue weighted by Crippen LogP contribution is -2.54. The molecular weight excluding hydrogens is 404 g/mol. The predicted molar refractivity (Wildman–Crippen MR) is 138 cm³/mol. The van der Waals surface area contributed by atoms with Crippen molar-refractivity contribution < 1.29 is 9.53 Å². The molecule has 4 fully saturated rings. The minimum atomic E-state index is -0.0930. The van der Waals surface area contributed by atoms with E-state index in [1.807, 2.05) is 0 Å². The summed E-state index contributed by atoms with van der Waals surface area (Å²) in [6.07, 6.45) is 18.6. The third kappa shape index (κ3) is 4.58. The number of hydrogen-bond donors (Lipinski definition) is 0. The van der Waals surface area contributed by atoms with E-state index in [9.17, 15) is 4.79 Å². The molecule has 0 bridgehead atoms. The molecule has 0 saturated heterocycles. The van der Waals surface area contributed by atoms with Gasteiger partial charge in [0.15, 0.2) is 0 Å². The number of ether oxygens (including phenoxy) is 1. The van der Waals surface area contributed by atoms with Gasteiger partial charge in [0, 0.05) is 6.92 Å². The monoisotopic (exact) mass is 456 g/mol. The van der Waals surface area contributed by atoms with Crippen molar-refractivity contribution in [1.82, 2.24) is 0 Å². The van der Waals surface area contributed by atoms with Gasteiger partial charge in [-0.1, -0.05) is 53.7 Å². The molecule has 0 aromatic heterocycles. The molecular formula is C31H52O2. The van der Waals surface area contributed by atoms with E-state index in [0.717, 1.165) is 54.3 Å². The Kier molecular flexibility index (Phi) is 7.43. The van der Waals surface area contributed by atoms with Crippen LogP contribution in [0.2, 0.25) is 0 Å². The normalized spacial score (nSPS) is 44.7. The molecule has 2 heteroatoms. The molecule has 0 N–H and O–H groups in total. The fraction of sp³-hybridized carbons (Fsp3) is 0.903. The van der Waals surface area contributed by atoms with Gasteiger partial charge in [0.2, 0.25) is 0 Å². The highest BCUT2D eigenvalue weighted by Crippen LogP contribution is 2.68. The molecule has 0 aromatic carbocycles. The third-order valence-electron chi connectivity index (χ3n) is 11.6. The number of allylic oxidation sites excluding steroid dienone is 2. The lowest BCUT2D eigenvalue weighted by Gasteiger charge is -2.61. The summed E-state index contributed by atoms with van der Waals surface area (Å²) in [6, 6.07) is 0. The van der Waals surface area contributed by atoms with E-state index in [-0.39, 0.29) is 12.1 Å². The highest BCUT2D eigenvalue weighted by Gasteiger charge is 2.60. The van der Waals surface area contributed by atoms with E-state index < -0.39 is 0 Å². The number of esters is 1. The summed E-state index contributed by atoms with van der Waals surface area (Å²) in [4.78, 5) is 11.5.